The van der Waals surface area contributed by atoms with Crippen molar-refractivity contribution >= 4 is 23.6 Å². The maximum absolute atomic E-state index is 13.5. The van der Waals surface area contributed by atoms with Gasteiger partial charge in [-0.05, 0) is 170 Å². The molecule has 0 unspecified atom stereocenters. The summed E-state index contributed by atoms with van der Waals surface area (Å²) in [5, 5.41) is 74.1. The molecule has 2 fully saturated rings. The molecule has 4 amide bonds. The van der Waals surface area contributed by atoms with Gasteiger partial charge in [-0.2, -0.15) is 60.0 Å². The summed E-state index contributed by atoms with van der Waals surface area (Å²) in [5.41, 5.74) is 2.53. The monoisotopic (exact) mass is 1600 g/mol. The number of aryl methyl sites for hydroxylation is 4. The van der Waals surface area contributed by atoms with Crippen molar-refractivity contribution in [1.82, 2.24) is 99.5 Å². The zero-order valence-electron chi connectivity index (χ0n) is 68.7. The Balaban J connectivity index is 0.000000153. The van der Waals surface area contributed by atoms with Crippen LogP contribution < -0.4 is 0 Å². The van der Waals surface area contributed by atoms with Gasteiger partial charge in [0.2, 0.25) is 0 Å². The lowest BCUT2D eigenvalue weighted by atomic mass is 9.90. The number of aromatic nitrogens is 16. The van der Waals surface area contributed by atoms with Gasteiger partial charge in [0.25, 0.3) is 23.6 Å². The second kappa shape index (κ2) is 37.7. The summed E-state index contributed by atoms with van der Waals surface area (Å²) in [6.45, 7) is 23.4. The molecule has 2 saturated carbocycles. The summed E-state index contributed by atoms with van der Waals surface area (Å²) in [6, 6.07) is 29.6. The van der Waals surface area contributed by atoms with E-state index in [0.717, 1.165) is 32.1 Å². The Labute approximate surface area is 678 Å². The van der Waals surface area contributed by atoms with Crippen molar-refractivity contribution in [1.29, 1.82) is 0 Å². The van der Waals surface area contributed by atoms with Crippen LogP contribution in [0.1, 0.15) is 205 Å². The van der Waals surface area contributed by atoms with Crippen LogP contribution in [0.4, 0.5) is 0 Å². The van der Waals surface area contributed by atoms with Crippen LogP contribution in [0.25, 0.3) is 22.7 Å². The standard InChI is InChI=1S/C22H29N5O4.C22H27N5O3.C21H25N5O3.C19H23N5O3/c1-16-20(22(2,3)29)25-19(31-16)10-14-26(13-7-15-30-4)21(28)17-8-5-6-9-18(17)27-23-11-12-24-27;1-15-20(22(2,3)29)25-19(30-15)11-14-26(16-7-6-8-16)21(28)17-9-4-5-10-18(17)27-23-12-13-24-27;1-14-19(21(2,3)28)24-18(29-14)10-13-25(15-8-9-15)20(27)16-6-4-5-7-17(16)26-22-11-12-23-26;1-13-17(19(2,3)26)22-16(27-13)9-12-23(4)18(25)14-7-5-6-8-15(14)24-20-10-11-21-24/h5-6,8-9,11-12,29H,7,10,13-15H2,1-4H3;4-5,9-10,12-13,16,29H,6-8,11,14H2,1-3H3;4-7,11-12,15,28H,8-10,13H2,1-3H3;5-8,10-11,26H,9,12H2,1-4H3. The van der Waals surface area contributed by atoms with Crippen molar-refractivity contribution in [3.05, 3.63) is 238 Å². The second-order valence-electron chi connectivity index (χ2n) is 30.8. The Kier molecular flexibility index (Phi) is 27.7. The lowest BCUT2D eigenvalue weighted by Crippen LogP contribution is -2.45. The maximum atomic E-state index is 13.5. The molecule has 14 rings (SSSR count). The van der Waals surface area contributed by atoms with E-state index in [9.17, 15) is 39.6 Å². The Hall–Kier alpha value is -12.0. The van der Waals surface area contributed by atoms with Crippen molar-refractivity contribution in [3.63, 3.8) is 0 Å². The number of nitrogens with zero attached hydrogens (tertiary/aromatic N) is 20. The van der Waals surface area contributed by atoms with Crippen LogP contribution in [-0.4, -0.2) is 209 Å². The molecular formula is C84H104N20O13. The second-order valence-corrected chi connectivity index (χ2v) is 30.8. The molecule has 33 nitrogen and oxygen atoms in total. The number of methoxy groups -OCH3 is 1. The fourth-order valence-corrected chi connectivity index (χ4v) is 13.6. The highest BCUT2D eigenvalue weighted by atomic mass is 16.5. The van der Waals surface area contributed by atoms with E-state index >= 15 is 0 Å². The van der Waals surface area contributed by atoms with Gasteiger partial charge in [-0.1, -0.05) is 48.5 Å². The molecule has 33 heteroatoms. The number of hydrogen-bond donors (Lipinski definition) is 4. The molecule has 4 N–H and O–H groups in total. The van der Waals surface area contributed by atoms with Crippen molar-refractivity contribution < 1.29 is 62.0 Å². The van der Waals surface area contributed by atoms with E-state index < -0.39 is 22.4 Å². The third-order valence-electron chi connectivity index (χ3n) is 19.6. The smallest absolute Gasteiger partial charge is 0.256 e. The average Bonchev–Trinajstić information content (AvgIpc) is 1.79. The van der Waals surface area contributed by atoms with E-state index in [1.165, 1.54) is 19.2 Å². The average molecular weight is 1600 g/mol. The van der Waals surface area contributed by atoms with Gasteiger partial charge < -0.3 is 62.4 Å². The van der Waals surface area contributed by atoms with Crippen LogP contribution in [0.2, 0.25) is 0 Å². The molecule has 0 bridgehead atoms. The molecule has 0 radical (unpaired) electrons. The topological polar surface area (TPSA) is 398 Å². The molecular weight excluding hydrogens is 1500 g/mol. The summed E-state index contributed by atoms with van der Waals surface area (Å²) in [7, 11) is 3.36. The van der Waals surface area contributed by atoms with Crippen molar-refractivity contribution in [3.8, 4) is 22.7 Å². The first-order chi connectivity index (χ1) is 55.8. The minimum absolute atomic E-state index is 0.0430. The van der Waals surface area contributed by atoms with Crippen LogP contribution >= 0.6 is 0 Å². The molecule has 2 aliphatic carbocycles. The SMILES string of the molecule is COCCCN(CCc1nc(C(C)(C)O)c(C)o1)C(=O)c1ccccc1-n1nccn1.Cc1oc(CCN(C(=O)c2ccccc2-n2nccn2)C2CC2)nc1C(C)(C)O.Cc1oc(CCN(C(=O)c2ccccc2-n2nccn2)C2CCC2)nc1C(C)(C)O.Cc1oc(CCN(C)C(=O)c2ccccc2-n2nccn2)nc1C(C)(C)O. The van der Waals surface area contributed by atoms with Crippen molar-refractivity contribution in [2.75, 3.05) is 53.5 Å². The summed E-state index contributed by atoms with van der Waals surface area (Å²) in [5.74, 6) is 4.04. The van der Waals surface area contributed by atoms with Crippen LogP contribution in [0, 0.1) is 27.7 Å². The number of oxazole rings is 4. The van der Waals surface area contributed by atoms with Gasteiger partial charge in [0, 0.05) is 91.3 Å². The van der Waals surface area contributed by atoms with Crippen molar-refractivity contribution in [2.45, 2.75) is 182 Å². The molecule has 4 aromatic carbocycles. The number of benzene rings is 4. The first-order valence-electron chi connectivity index (χ1n) is 39.0. The largest absolute Gasteiger partial charge is 0.446 e. The van der Waals surface area contributed by atoms with Gasteiger partial charge in [0.15, 0.2) is 23.6 Å². The highest BCUT2D eigenvalue weighted by Gasteiger charge is 2.37. The molecule has 618 valence electrons. The minimum atomic E-state index is -1.09. The maximum Gasteiger partial charge on any atom is 0.256 e. The van der Waals surface area contributed by atoms with E-state index in [1.807, 2.05) is 76.5 Å². The van der Waals surface area contributed by atoms with E-state index in [2.05, 4.69) is 60.7 Å². The fraction of sp³-hybridized carbons (Fsp3) is 0.429. The molecule has 0 atom stereocenters. The zero-order valence-corrected chi connectivity index (χ0v) is 68.7. The van der Waals surface area contributed by atoms with Crippen LogP contribution in [0.15, 0.2) is 164 Å². The molecule has 8 aromatic heterocycles. The Morgan fingerprint density at radius 2 is 0.667 bits per heavy atom. The third-order valence-corrected chi connectivity index (χ3v) is 19.6. The minimum Gasteiger partial charge on any atom is -0.446 e. The number of amides is 4. The first-order valence-corrected chi connectivity index (χ1v) is 39.0. The molecule has 12 aromatic rings. The lowest BCUT2D eigenvalue weighted by molar-refractivity contribution is 0.0576. The van der Waals surface area contributed by atoms with Gasteiger partial charge in [-0.25, -0.2) is 19.9 Å². The lowest BCUT2D eigenvalue weighted by Gasteiger charge is -2.37. The first kappa shape index (κ1) is 85.8. The number of para-hydroxylation sites is 4. The molecule has 117 heavy (non-hydrogen) atoms. The van der Waals surface area contributed by atoms with Gasteiger partial charge >= 0.3 is 0 Å². The number of ether oxygens (including phenoxy) is 1. The molecule has 2 aliphatic rings. The van der Waals surface area contributed by atoms with Gasteiger partial charge in [-0.3, -0.25) is 19.2 Å². The quantitative estimate of drug-likeness (QED) is 0.0304. The number of carbonyl (C=O) groups excluding carboxylic acids is 4. The Morgan fingerprint density at radius 3 is 0.940 bits per heavy atom. The number of carbonyl (C=O) groups is 4. The zero-order chi connectivity index (χ0) is 83.9. The number of aliphatic hydroxyl groups is 4. The van der Waals surface area contributed by atoms with Crippen LogP contribution in [0.3, 0.4) is 0 Å². The predicted molar refractivity (Wildman–Crippen MR) is 428 cm³/mol. The number of likely N-dealkylation sites (N-methyl/N-ethyl adjacent to an activating group) is 1. The highest BCUT2D eigenvalue weighted by Crippen LogP contribution is 2.33. The molecule has 8 heterocycles. The van der Waals surface area contributed by atoms with E-state index in [1.54, 1.807) is 187 Å². The molecule has 0 saturated heterocycles. The summed E-state index contributed by atoms with van der Waals surface area (Å²) >= 11 is 0. The summed E-state index contributed by atoms with van der Waals surface area (Å²) in [6.07, 6.45) is 20.3. The Bertz CT molecular complexity index is 5220. The van der Waals surface area contributed by atoms with E-state index in [-0.39, 0.29) is 35.7 Å². The fourth-order valence-electron chi connectivity index (χ4n) is 13.6. The predicted octanol–water partition coefficient (Wildman–Crippen LogP) is 10.3. The van der Waals surface area contributed by atoms with Gasteiger partial charge in [-0.15, -0.1) is 0 Å². The van der Waals surface area contributed by atoms with Gasteiger partial charge in [0.05, 0.1) is 94.6 Å². The number of hydrogen-bond acceptors (Lipinski definition) is 25. The molecule has 0 aliphatic heterocycles. The summed E-state index contributed by atoms with van der Waals surface area (Å²) < 4.78 is 28.0. The Morgan fingerprint density at radius 1 is 0.393 bits per heavy atom. The van der Waals surface area contributed by atoms with Crippen LogP contribution in [-0.2, 0) is 52.8 Å². The van der Waals surface area contributed by atoms with E-state index in [4.69, 9.17) is 22.4 Å². The number of rotatable bonds is 30. The normalized spacial score (nSPS) is 13.0. The molecule has 0 spiro atoms. The third kappa shape index (κ3) is 21.9. The van der Waals surface area contributed by atoms with E-state index in [0.29, 0.717) is 186 Å². The van der Waals surface area contributed by atoms with Crippen molar-refractivity contribution in [2.24, 2.45) is 0 Å². The van der Waals surface area contributed by atoms with Gasteiger partial charge in [0.1, 0.15) is 68.2 Å². The van der Waals surface area contributed by atoms with Crippen LogP contribution in [0.5, 0.6) is 0 Å². The highest BCUT2D eigenvalue weighted by molar-refractivity contribution is 6.00. The summed E-state index contributed by atoms with van der Waals surface area (Å²) in [4.78, 5) is 83.8.